The first kappa shape index (κ1) is 23.2. The molecular formula is C22H25ClFN5OS. The molecule has 0 radical (unpaired) electrons. The molecule has 31 heavy (non-hydrogen) atoms. The van der Waals surface area contributed by atoms with Gasteiger partial charge in [0.15, 0.2) is 11.0 Å². The van der Waals surface area contributed by atoms with Crippen molar-refractivity contribution in [1.82, 2.24) is 25.0 Å². The fraction of sp³-hybridized carbons (Fsp3) is 0.318. The summed E-state index contributed by atoms with van der Waals surface area (Å²) >= 11 is 7.39. The van der Waals surface area contributed by atoms with Crippen molar-refractivity contribution in [3.05, 3.63) is 70.8 Å². The minimum Gasteiger partial charge on any atom is -0.351 e. The molecule has 3 rings (SSSR count). The molecule has 1 N–H and O–H groups in total. The lowest BCUT2D eigenvalue weighted by molar-refractivity contribution is -0.120. The summed E-state index contributed by atoms with van der Waals surface area (Å²) in [5, 5.41) is 12.5. The maximum Gasteiger partial charge on any atom is 0.233 e. The smallest absolute Gasteiger partial charge is 0.233 e. The van der Waals surface area contributed by atoms with E-state index in [1.54, 1.807) is 12.1 Å². The first-order valence-electron chi connectivity index (χ1n) is 9.82. The van der Waals surface area contributed by atoms with Gasteiger partial charge in [-0.15, -0.1) is 10.2 Å². The highest BCUT2D eigenvalue weighted by Crippen LogP contribution is 2.29. The van der Waals surface area contributed by atoms with E-state index in [0.29, 0.717) is 16.7 Å². The average molecular weight is 462 g/mol. The van der Waals surface area contributed by atoms with E-state index in [2.05, 4.69) is 15.5 Å². The summed E-state index contributed by atoms with van der Waals surface area (Å²) in [5.74, 6) is 0.333. The monoisotopic (exact) mass is 461 g/mol. The van der Waals surface area contributed by atoms with Gasteiger partial charge in [0.25, 0.3) is 0 Å². The van der Waals surface area contributed by atoms with Crippen LogP contribution in [0.3, 0.4) is 0 Å². The van der Waals surface area contributed by atoms with Crippen LogP contribution in [-0.4, -0.2) is 44.9 Å². The molecule has 2 aromatic carbocycles. The topological polar surface area (TPSA) is 63.1 Å². The third kappa shape index (κ3) is 5.84. The lowest BCUT2D eigenvalue weighted by Gasteiger charge is -2.21. The summed E-state index contributed by atoms with van der Waals surface area (Å²) in [7, 11) is 3.95. The fourth-order valence-corrected chi connectivity index (χ4v) is 3.86. The van der Waals surface area contributed by atoms with Crippen LogP contribution in [0.1, 0.15) is 31.3 Å². The van der Waals surface area contributed by atoms with Gasteiger partial charge in [-0.1, -0.05) is 35.5 Å². The summed E-state index contributed by atoms with van der Waals surface area (Å²) < 4.78 is 15.0. The number of hydrogen-bond donors (Lipinski definition) is 1. The molecule has 1 heterocycles. The number of benzene rings is 2. The van der Waals surface area contributed by atoms with Crippen LogP contribution in [0, 0.1) is 5.82 Å². The fourth-order valence-electron chi connectivity index (χ4n) is 2.84. The third-order valence-corrected chi connectivity index (χ3v) is 6.22. The molecule has 0 spiro atoms. The van der Waals surface area contributed by atoms with Gasteiger partial charge in [-0.25, -0.2) is 4.39 Å². The Balaban J connectivity index is 1.78. The predicted molar refractivity (Wildman–Crippen MR) is 122 cm³/mol. The van der Waals surface area contributed by atoms with Gasteiger partial charge in [-0.2, -0.15) is 0 Å². The van der Waals surface area contributed by atoms with E-state index in [1.165, 1.54) is 23.9 Å². The van der Waals surface area contributed by atoms with E-state index in [1.807, 2.05) is 61.7 Å². The molecule has 0 aliphatic rings. The van der Waals surface area contributed by atoms with Gasteiger partial charge in [0.2, 0.25) is 5.91 Å². The number of nitrogens with one attached hydrogen (secondary N) is 1. The number of thioether (sulfide) groups is 1. The van der Waals surface area contributed by atoms with Gasteiger partial charge in [-0.05, 0) is 69.9 Å². The SMILES string of the molecule is CC(Sc1nnc(C(C)N(C)C)n1-c1ccc(Cl)cc1)C(=O)NCc1ccc(F)cc1. The largest absolute Gasteiger partial charge is 0.351 e. The highest BCUT2D eigenvalue weighted by Gasteiger charge is 2.24. The number of carbonyl (C=O) groups excluding carboxylic acids is 1. The quantitative estimate of drug-likeness (QED) is 0.501. The van der Waals surface area contributed by atoms with E-state index in [9.17, 15) is 9.18 Å². The lowest BCUT2D eigenvalue weighted by atomic mass is 10.2. The van der Waals surface area contributed by atoms with Gasteiger partial charge in [0.1, 0.15) is 5.82 Å². The average Bonchev–Trinajstić information content (AvgIpc) is 3.16. The molecule has 6 nitrogen and oxygen atoms in total. The zero-order valence-corrected chi connectivity index (χ0v) is 19.4. The summed E-state index contributed by atoms with van der Waals surface area (Å²) in [5.41, 5.74) is 1.71. The second-order valence-corrected chi connectivity index (χ2v) is 9.14. The Morgan fingerprint density at radius 1 is 1.13 bits per heavy atom. The van der Waals surface area contributed by atoms with Gasteiger partial charge in [0.05, 0.1) is 11.3 Å². The number of aromatic nitrogens is 3. The van der Waals surface area contributed by atoms with Gasteiger partial charge in [0, 0.05) is 17.3 Å². The molecule has 9 heteroatoms. The van der Waals surface area contributed by atoms with E-state index in [-0.39, 0.29) is 17.8 Å². The molecule has 164 valence electrons. The van der Waals surface area contributed by atoms with Crippen LogP contribution in [0.2, 0.25) is 5.02 Å². The van der Waals surface area contributed by atoms with Crippen LogP contribution in [0.5, 0.6) is 0 Å². The predicted octanol–water partition coefficient (Wildman–Crippen LogP) is 4.48. The Bertz CT molecular complexity index is 1020. The van der Waals surface area contributed by atoms with Gasteiger partial charge in [-0.3, -0.25) is 14.3 Å². The first-order valence-corrected chi connectivity index (χ1v) is 11.1. The minimum atomic E-state index is -0.404. The number of hydrogen-bond acceptors (Lipinski definition) is 5. The summed E-state index contributed by atoms with van der Waals surface area (Å²) in [6.45, 7) is 4.20. The second kappa shape index (κ2) is 10.3. The zero-order valence-electron chi connectivity index (χ0n) is 17.8. The lowest BCUT2D eigenvalue weighted by Crippen LogP contribution is -2.30. The van der Waals surface area contributed by atoms with Crippen molar-refractivity contribution in [2.45, 2.75) is 36.8 Å². The Morgan fingerprint density at radius 3 is 2.39 bits per heavy atom. The van der Waals surface area contributed by atoms with Crippen molar-refractivity contribution in [3.8, 4) is 5.69 Å². The summed E-state index contributed by atoms with van der Waals surface area (Å²) in [6, 6.07) is 13.5. The van der Waals surface area contributed by atoms with Gasteiger partial charge < -0.3 is 5.32 Å². The molecule has 0 fully saturated rings. The maximum atomic E-state index is 13.0. The Hall–Kier alpha value is -2.42. The van der Waals surface area contributed by atoms with Crippen LogP contribution in [0.25, 0.3) is 5.69 Å². The highest BCUT2D eigenvalue weighted by atomic mass is 35.5. The Kier molecular flexibility index (Phi) is 7.69. The molecule has 2 atom stereocenters. The van der Waals surface area contributed by atoms with Crippen LogP contribution in [0.15, 0.2) is 53.7 Å². The maximum absolute atomic E-state index is 13.0. The number of halogens is 2. The summed E-state index contributed by atoms with van der Waals surface area (Å²) in [4.78, 5) is 14.7. The van der Waals surface area contributed by atoms with Crippen LogP contribution in [-0.2, 0) is 11.3 Å². The van der Waals surface area contributed by atoms with Crippen LogP contribution < -0.4 is 5.32 Å². The Morgan fingerprint density at radius 2 is 1.77 bits per heavy atom. The second-order valence-electron chi connectivity index (χ2n) is 7.40. The number of nitrogens with zero attached hydrogens (tertiary/aromatic N) is 4. The van der Waals surface area contributed by atoms with E-state index in [0.717, 1.165) is 17.1 Å². The minimum absolute atomic E-state index is 0.0140. The van der Waals surface area contributed by atoms with Gasteiger partial charge >= 0.3 is 0 Å². The molecule has 0 aliphatic heterocycles. The van der Waals surface area contributed by atoms with E-state index in [4.69, 9.17) is 11.6 Å². The molecule has 0 saturated heterocycles. The van der Waals surface area contributed by atoms with Crippen molar-refractivity contribution in [3.63, 3.8) is 0 Å². The van der Waals surface area contributed by atoms with Crippen LogP contribution >= 0.6 is 23.4 Å². The molecule has 1 aromatic heterocycles. The first-order chi connectivity index (χ1) is 14.8. The van der Waals surface area contributed by atoms with Crippen molar-refractivity contribution in [2.24, 2.45) is 0 Å². The van der Waals surface area contributed by atoms with E-state index >= 15 is 0 Å². The molecule has 1 amide bonds. The normalized spacial score (nSPS) is 13.3. The number of rotatable bonds is 8. The Labute approximate surface area is 190 Å². The number of carbonyl (C=O) groups is 1. The van der Waals surface area contributed by atoms with Crippen molar-refractivity contribution in [2.75, 3.05) is 14.1 Å². The third-order valence-electron chi connectivity index (χ3n) is 4.92. The van der Waals surface area contributed by atoms with Crippen molar-refractivity contribution in [1.29, 1.82) is 0 Å². The van der Waals surface area contributed by atoms with Crippen molar-refractivity contribution < 1.29 is 9.18 Å². The standard InChI is InChI=1S/C22H25ClFN5OS/c1-14(28(3)4)20-26-27-22(29(20)19-11-7-17(23)8-12-19)31-15(2)21(30)25-13-16-5-9-18(24)10-6-16/h5-12,14-15H,13H2,1-4H3,(H,25,30). The van der Waals surface area contributed by atoms with Crippen LogP contribution in [0.4, 0.5) is 4.39 Å². The number of amides is 1. The molecule has 0 bridgehead atoms. The zero-order chi connectivity index (χ0) is 22.5. The van der Waals surface area contributed by atoms with Crippen molar-refractivity contribution >= 4 is 29.3 Å². The summed E-state index contributed by atoms with van der Waals surface area (Å²) in [6.07, 6.45) is 0. The molecule has 0 saturated carbocycles. The molecular weight excluding hydrogens is 437 g/mol. The highest BCUT2D eigenvalue weighted by molar-refractivity contribution is 8.00. The molecule has 0 aliphatic carbocycles. The molecule has 2 unspecified atom stereocenters. The van der Waals surface area contributed by atoms with E-state index < -0.39 is 5.25 Å². The molecule has 3 aromatic rings.